The highest BCUT2D eigenvalue weighted by Gasteiger charge is 2.15. The molecule has 1 amide bonds. The van der Waals surface area contributed by atoms with E-state index in [4.69, 9.17) is 18.9 Å². The van der Waals surface area contributed by atoms with Crippen molar-refractivity contribution in [3.05, 3.63) is 47.0 Å². The standard InChI is InChI=1S/C21H27NO5/c1-14-9-18(25-4)20(27-6)12-16(14)13-22(2)21(23)11-15-7-8-17(24-3)19(10-15)26-5/h7-10,12H,11,13H2,1-6H3. The molecule has 0 N–H and O–H groups in total. The first-order valence-corrected chi connectivity index (χ1v) is 8.59. The van der Waals surface area contributed by atoms with Crippen LogP contribution in [0.2, 0.25) is 0 Å². The summed E-state index contributed by atoms with van der Waals surface area (Å²) < 4.78 is 21.2. The zero-order valence-electron chi connectivity index (χ0n) is 16.8. The number of methoxy groups -OCH3 is 4. The third-order valence-corrected chi connectivity index (χ3v) is 4.48. The molecule has 0 saturated carbocycles. The predicted molar refractivity (Wildman–Crippen MR) is 104 cm³/mol. The van der Waals surface area contributed by atoms with Crippen LogP contribution in [-0.4, -0.2) is 46.3 Å². The molecule has 0 unspecified atom stereocenters. The number of rotatable bonds is 8. The van der Waals surface area contributed by atoms with Gasteiger partial charge >= 0.3 is 0 Å². The van der Waals surface area contributed by atoms with Crippen LogP contribution in [0.1, 0.15) is 16.7 Å². The first-order valence-electron chi connectivity index (χ1n) is 8.59. The van der Waals surface area contributed by atoms with Gasteiger partial charge in [0.2, 0.25) is 5.91 Å². The fourth-order valence-electron chi connectivity index (χ4n) is 2.84. The Morgan fingerprint density at radius 2 is 1.41 bits per heavy atom. The molecule has 146 valence electrons. The number of carbonyl (C=O) groups is 1. The van der Waals surface area contributed by atoms with Crippen LogP contribution in [0.4, 0.5) is 0 Å². The first-order chi connectivity index (χ1) is 12.9. The highest BCUT2D eigenvalue weighted by molar-refractivity contribution is 5.78. The van der Waals surface area contributed by atoms with Gasteiger partial charge in [-0.2, -0.15) is 0 Å². The molecule has 2 rings (SSSR count). The van der Waals surface area contributed by atoms with E-state index < -0.39 is 0 Å². The van der Waals surface area contributed by atoms with Crippen LogP contribution in [-0.2, 0) is 17.8 Å². The average molecular weight is 373 g/mol. The molecule has 6 nitrogen and oxygen atoms in total. The van der Waals surface area contributed by atoms with Crippen molar-refractivity contribution < 1.29 is 23.7 Å². The number of hydrogen-bond acceptors (Lipinski definition) is 5. The van der Waals surface area contributed by atoms with Gasteiger partial charge in [-0.3, -0.25) is 4.79 Å². The van der Waals surface area contributed by atoms with Crippen LogP contribution in [0.15, 0.2) is 30.3 Å². The maximum Gasteiger partial charge on any atom is 0.227 e. The van der Waals surface area contributed by atoms with Crippen molar-refractivity contribution in [1.29, 1.82) is 0 Å². The molecule has 0 aromatic heterocycles. The lowest BCUT2D eigenvalue weighted by molar-refractivity contribution is -0.129. The third-order valence-electron chi connectivity index (χ3n) is 4.48. The number of ether oxygens (including phenoxy) is 4. The van der Waals surface area contributed by atoms with Crippen LogP contribution >= 0.6 is 0 Å². The van der Waals surface area contributed by atoms with Gasteiger partial charge in [-0.05, 0) is 47.9 Å². The van der Waals surface area contributed by atoms with E-state index in [9.17, 15) is 4.79 Å². The zero-order chi connectivity index (χ0) is 20.0. The molecule has 6 heteroatoms. The molecule has 0 spiro atoms. The van der Waals surface area contributed by atoms with E-state index in [2.05, 4.69) is 0 Å². The fourth-order valence-corrected chi connectivity index (χ4v) is 2.84. The minimum absolute atomic E-state index is 0.0106. The Morgan fingerprint density at radius 1 is 0.852 bits per heavy atom. The van der Waals surface area contributed by atoms with Crippen molar-refractivity contribution in [3.63, 3.8) is 0 Å². The zero-order valence-corrected chi connectivity index (χ0v) is 16.8. The molecule has 0 aliphatic carbocycles. The molecular formula is C21H27NO5. The molecule has 2 aromatic rings. The van der Waals surface area contributed by atoms with Crippen LogP contribution in [0.25, 0.3) is 0 Å². The summed E-state index contributed by atoms with van der Waals surface area (Å²) in [5.41, 5.74) is 2.92. The maximum atomic E-state index is 12.7. The lowest BCUT2D eigenvalue weighted by Crippen LogP contribution is -2.28. The SMILES string of the molecule is COc1ccc(CC(=O)N(C)Cc2cc(OC)c(OC)cc2C)cc1OC. The summed E-state index contributed by atoms with van der Waals surface area (Å²) in [5.74, 6) is 2.59. The lowest BCUT2D eigenvalue weighted by atomic mass is 10.1. The van der Waals surface area contributed by atoms with E-state index in [-0.39, 0.29) is 12.3 Å². The summed E-state index contributed by atoms with van der Waals surface area (Å²) in [5, 5.41) is 0. The monoisotopic (exact) mass is 373 g/mol. The van der Waals surface area contributed by atoms with Gasteiger partial charge in [0.15, 0.2) is 23.0 Å². The summed E-state index contributed by atoms with van der Waals surface area (Å²) in [7, 11) is 8.16. The Hall–Kier alpha value is -2.89. The molecular weight excluding hydrogens is 346 g/mol. The van der Waals surface area contributed by atoms with E-state index in [1.165, 1.54) is 0 Å². The molecule has 0 aliphatic heterocycles. The van der Waals surface area contributed by atoms with Crippen molar-refractivity contribution in [3.8, 4) is 23.0 Å². The molecule has 0 radical (unpaired) electrons. The van der Waals surface area contributed by atoms with Crippen molar-refractivity contribution in [2.24, 2.45) is 0 Å². The summed E-state index contributed by atoms with van der Waals surface area (Å²) in [4.78, 5) is 14.4. The summed E-state index contributed by atoms with van der Waals surface area (Å²) >= 11 is 0. The Balaban J connectivity index is 2.12. The summed E-state index contributed by atoms with van der Waals surface area (Å²) in [6.07, 6.45) is 0.281. The largest absolute Gasteiger partial charge is 0.493 e. The van der Waals surface area contributed by atoms with Crippen LogP contribution in [0.5, 0.6) is 23.0 Å². The number of hydrogen-bond donors (Lipinski definition) is 0. The molecule has 0 fully saturated rings. The van der Waals surface area contributed by atoms with Gasteiger partial charge < -0.3 is 23.8 Å². The molecule has 0 saturated heterocycles. The first kappa shape index (κ1) is 20.4. The van der Waals surface area contributed by atoms with E-state index in [0.717, 1.165) is 16.7 Å². The van der Waals surface area contributed by atoms with Crippen molar-refractivity contribution >= 4 is 5.91 Å². The molecule has 0 heterocycles. The number of carbonyl (C=O) groups excluding carboxylic acids is 1. The highest BCUT2D eigenvalue weighted by Crippen LogP contribution is 2.31. The number of amides is 1. The number of benzene rings is 2. The number of nitrogens with zero attached hydrogens (tertiary/aromatic N) is 1. The minimum atomic E-state index is 0.0106. The van der Waals surface area contributed by atoms with Gasteiger partial charge in [-0.1, -0.05) is 6.07 Å². The van der Waals surface area contributed by atoms with Crippen molar-refractivity contribution in [2.75, 3.05) is 35.5 Å². The minimum Gasteiger partial charge on any atom is -0.493 e. The molecule has 27 heavy (non-hydrogen) atoms. The van der Waals surface area contributed by atoms with Gasteiger partial charge in [0, 0.05) is 13.6 Å². The van der Waals surface area contributed by atoms with E-state index in [1.807, 2.05) is 31.2 Å². The predicted octanol–water partition coefficient (Wildman–Crippen LogP) is 3.23. The van der Waals surface area contributed by atoms with Crippen LogP contribution in [0, 0.1) is 6.92 Å². The van der Waals surface area contributed by atoms with Crippen molar-refractivity contribution in [2.45, 2.75) is 19.9 Å². The van der Waals surface area contributed by atoms with Gasteiger partial charge in [0.25, 0.3) is 0 Å². The quantitative estimate of drug-likeness (QED) is 0.711. The number of likely N-dealkylation sites (N-methyl/N-ethyl adjacent to an activating group) is 1. The van der Waals surface area contributed by atoms with Gasteiger partial charge in [0.1, 0.15) is 0 Å². The third kappa shape index (κ3) is 4.84. The average Bonchev–Trinajstić information content (AvgIpc) is 2.68. The van der Waals surface area contributed by atoms with Crippen LogP contribution in [0.3, 0.4) is 0 Å². The van der Waals surface area contributed by atoms with Gasteiger partial charge in [-0.25, -0.2) is 0 Å². The molecule has 2 aromatic carbocycles. The lowest BCUT2D eigenvalue weighted by Gasteiger charge is -2.20. The smallest absolute Gasteiger partial charge is 0.227 e. The van der Waals surface area contributed by atoms with E-state index >= 15 is 0 Å². The van der Waals surface area contributed by atoms with E-state index in [1.54, 1.807) is 46.5 Å². The summed E-state index contributed by atoms with van der Waals surface area (Å²) in [6.45, 7) is 2.47. The second-order valence-corrected chi connectivity index (χ2v) is 6.25. The van der Waals surface area contributed by atoms with Crippen molar-refractivity contribution in [1.82, 2.24) is 4.90 Å². The topological polar surface area (TPSA) is 57.2 Å². The Labute approximate surface area is 160 Å². The Morgan fingerprint density at radius 3 is 2.00 bits per heavy atom. The Bertz CT molecular complexity index is 803. The van der Waals surface area contributed by atoms with Gasteiger partial charge in [0.05, 0.1) is 34.9 Å². The second kappa shape index (κ2) is 9.16. The fraction of sp³-hybridized carbons (Fsp3) is 0.381. The number of aryl methyl sites for hydroxylation is 1. The molecule has 0 bridgehead atoms. The summed E-state index contributed by atoms with van der Waals surface area (Å²) in [6, 6.07) is 9.33. The maximum absolute atomic E-state index is 12.7. The second-order valence-electron chi connectivity index (χ2n) is 6.25. The highest BCUT2D eigenvalue weighted by atomic mass is 16.5. The molecule has 0 aliphatic rings. The normalized spacial score (nSPS) is 10.3. The molecule has 0 atom stereocenters. The van der Waals surface area contributed by atoms with Crippen LogP contribution < -0.4 is 18.9 Å². The van der Waals surface area contributed by atoms with E-state index in [0.29, 0.717) is 29.5 Å². The Kier molecular flexibility index (Phi) is 6.93. The van der Waals surface area contributed by atoms with Gasteiger partial charge in [-0.15, -0.1) is 0 Å².